The lowest BCUT2D eigenvalue weighted by Gasteiger charge is -2.32. The van der Waals surface area contributed by atoms with Crippen LogP contribution in [-0.4, -0.2) is 74.1 Å². The summed E-state index contributed by atoms with van der Waals surface area (Å²) in [5.41, 5.74) is 0. The van der Waals surface area contributed by atoms with Gasteiger partial charge in [0.15, 0.2) is 0 Å². The molecule has 0 aromatic heterocycles. The molecule has 1 amide bonds. The van der Waals surface area contributed by atoms with Gasteiger partial charge in [-0.15, -0.1) is 0 Å². The lowest BCUT2D eigenvalue weighted by atomic mass is 9.96. The number of carbonyl (C=O) groups is 3. The normalized spacial score (nSPS) is 13.2. The molecule has 0 aliphatic heterocycles. The maximum absolute atomic E-state index is 12.8. The van der Waals surface area contributed by atoms with E-state index in [9.17, 15) is 14.4 Å². The molecule has 0 radical (unpaired) electrons. The first-order valence-electron chi connectivity index (χ1n) is 22.4. The van der Waals surface area contributed by atoms with E-state index in [-0.39, 0.29) is 23.9 Å². The van der Waals surface area contributed by atoms with E-state index in [0.29, 0.717) is 37.9 Å². The standard InChI is InChI=1S/C45H88N2O5/c1-8-12-16-20-30-41(28-14-10-3)38-51-44(49)34-24-18-22-32-43(47(40(5)48)37-27-26-36-46(6)7)33-23-19-25-35-45(50)52-39-42(29-15-11-4)31-21-17-13-9-2/h41-43H,8-39H2,1-7H3. The molecule has 0 spiro atoms. The first kappa shape index (κ1) is 50.4. The number of rotatable bonds is 38. The molecule has 0 N–H and O–H groups in total. The smallest absolute Gasteiger partial charge is 0.305 e. The van der Waals surface area contributed by atoms with Crippen LogP contribution in [-0.2, 0) is 23.9 Å². The van der Waals surface area contributed by atoms with Gasteiger partial charge < -0.3 is 19.3 Å². The van der Waals surface area contributed by atoms with Crippen molar-refractivity contribution in [2.75, 3.05) is 40.4 Å². The Morgan fingerprint density at radius 1 is 0.462 bits per heavy atom. The van der Waals surface area contributed by atoms with E-state index < -0.39 is 0 Å². The van der Waals surface area contributed by atoms with Crippen LogP contribution in [0.2, 0.25) is 0 Å². The summed E-state index contributed by atoms with van der Waals surface area (Å²) < 4.78 is 11.5. The van der Waals surface area contributed by atoms with Crippen LogP contribution in [0, 0.1) is 11.8 Å². The van der Waals surface area contributed by atoms with E-state index >= 15 is 0 Å². The van der Waals surface area contributed by atoms with Crippen LogP contribution in [0.3, 0.4) is 0 Å². The molecule has 2 atom stereocenters. The molecule has 0 aromatic rings. The van der Waals surface area contributed by atoms with Gasteiger partial charge in [0.05, 0.1) is 13.2 Å². The second-order valence-corrected chi connectivity index (χ2v) is 16.2. The third-order valence-corrected chi connectivity index (χ3v) is 10.8. The first-order valence-corrected chi connectivity index (χ1v) is 22.4. The first-order chi connectivity index (χ1) is 25.2. The number of unbranched alkanes of at least 4 members (excludes halogenated alkanes) is 13. The Balaban J connectivity index is 4.81. The van der Waals surface area contributed by atoms with E-state index in [1.54, 1.807) is 6.92 Å². The van der Waals surface area contributed by atoms with Gasteiger partial charge in [-0.25, -0.2) is 0 Å². The van der Waals surface area contributed by atoms with Crippen LogP contribution < -0.4 is 0 Å². The number of hydrogen-bond donors (Lipinski definition) is 0. The molecule has 0 heterocycles. The Kier molecular flexibility index (Phi) is 35.2. The lowest BCUT2D eigenvalue weighted by Crippen LogP contribution is -2.40. The van der Waals surface area contributed by atoms with Crippen LogP contribution in [0.5, 0.6) is 0 Å². The summed E-state index contributed by atoms with van der Waals surface area (Å²) in [6.07, 6.45) is 30.1. The van der Waals surface area contributed by atoms with Crippen molar-refractivity contribution in [2.45, 2.75) is 220 Å². The Morgan fingerprint density at radius 3 is 1.25 bits per heavy atom. The van der Waals surface area contributed by atoms with Crippen molar-refractivity contribution in [1.29, 1.82) is 0 Å². The minimum Gasteiger partial charge on any atom is -0.465 e. The minimum absolute atomic E-state index is 0.0557. The zero-order valence-corrected chi connectivity index (χ0v) is 35.8. The molecule has 0 aliphatic rings. The Morgan fingerprint density at radius 2 is 0.846 bits per heavy atom. The highest BCUT2D eigenvalue weighted by atomic mass is 16.5. The fraction of sp³-hybridized carbons (Fsp3) is 0.933. The number of amides is 1. The number of esters is 2. The van der Waals surface area contributed by atoms with Gasteiger partial charge in [0.25, 0.3) is 0 Å². The van der Waals surface area contributed by atoms with Crippen molar-refractivity contribution in [2.24, 2.45) is 11.8 Å². The maximum Gasteiger partial charge on any atom is 0.305 e. The molecule has 7 heteroatoms. The summed E-state index contributed by atoms with van der Waals surface area (Å²) in [5, 5.41) is 0. The van der Waals surface area contributed by atoms with Gasteiger partial charge in [0.2, 0.25) is 5.91 Å². The SMILES string of the molecule is CCCCCCC(CCCC)COC(=O)CCCCCC(CCCCCC(=O)OCC(CCCC)CCCCCC)N(CCCCN(C)C)C(C)=O. The van der Waals surface area contributed by atoms with Gasteiger partial charge in [-0.1, -0.05) is 130 Å². The van der Waals surface area contributed by atoms with E-state index in [1.807, 2.05) is 0 Å². The molecule has 0 rings (SSSR count). The second-order valence-electron chi connectivity index (χ2n) is 16.2. The van der Waals surface area contributed by atoms with Crippen LogP contribution in [0.1, 0.15) is 214 Å². The van der Waals surface area contributed by atoms with Crippen LogP contribution in [0.15, 0.2) is 0 Å². The van der Waals surface area contributed by atoms with Gasteiger partial charge in [-0.05, 0) is 96.7 Å². The minimum atomic E-state index is -0.0557. The molecule has 7 nitrogen and oxygen atoms in total. The zero-order chi connectivity index (χ0) is 38.7. The molecule has 308 valence electrons. The molecule has 0 saturated carbocycles. The third-order valence-electron chi connectivity index (χ3n) is 10.8. The second kappa shape index (κ2) is 36.4. The average molecular weight is 737 g/mol. The van der Waals surface area contributed by atoms with Crippen molar-refractivity contribution in [3.63, 3.8) is 0 Å². The van der Waals surface area contributed by atoms with Crippen LogP contribution in [0.4, 0.5) is 0 Å². The summed E-state index contributed by atoms with van der Waals surface area (Å²) in [4.78, 5) is 42.4. The summed E-state index contributed by atoms with van der Waals surface area (Å²) in [6.45, 7) is 13.6. The molecule has 0 bridgehead atoms. The summed E-state index contributed by atoms with van der Waals surface area (Å²) in [5.74, 6) is 1.03. The monoisotopic (exact) mass is 737 g/mol. The molecule has 0 fully saturated rings. The quantitative estimate of drug-likeness (QED) is 0.0464. The number of hydrogen-bond acceptors (Lipinski definition) is 6. The van der Waals surface area contributed by atoms with Gasteiger partial charge in [-0.3, -0.25) is 14.4 Å². The Labute approximate surface area is 323 Å². The molecule has 0 aromatic carbocycles. The summed E-state index contributed by atoms with van der Waals surface area (Å²) >= 11 is 0. The van der Waals surface area contributed by atoms with E-state index in [0.717, 1.165) is 90.1 Å². The molecular formula is C45H88N2O5. The van der Waals surface area contributed by atoms with Gasteiger partial charge in [0, 0.05) is 32.4 Å². The fourth-order valence-corrected chi connectivity index (χ4v) is 7.31. The number of ether oxygens (including phenoxy) is 2. The largest absolute Gasteiger partial charge is 0.465 e. The zero-order valence-electron chi connectivity index (χ0n) is 35.8. The average Bonchev–Trinajstić information content (AvgIpc) is 3.12. The molecule has 0 saturated heterocycles. The van der Waals surface area contributed by atoms with Gasteiger partial charge in [-0.2, -0.15) is 0 Å². The number of carbonyl (C=O) groups excluding carboxylic acids is 3. The van der Waals surface area contributed by atoms with E-state index in [4.69, 9.17) is 9.47 Å². The predicted octanol–water partition coefficient (Wildman–Crippen LogP) is 12.1. The van der Waals surface area contributed by atoms with E-state index in [2.05, 4.69) is 51.6 Å². The molecule has 52 heavy (non-hydrogen) atoms. The van der Waals surface area contributed by atoms with Crippen molar-refractivity contribution in [3.05, 3.63) is 0 Å². The van der Waals surface area contributed by atoms with Crippen molar-refractivity contribution in [3.8, 4) is 0 Å². The molecule has 2 unspecified atom stereocenters. The maximum atomic E-state index is 12.8. The predicted molar refractivity (Wildman–Crippen MR) is 221 cm³/mol. The van der Waals surface area contributed by atoms with Crippen molar-refractivity contribution < 1.29 is 23.9 Å². The highest BCUT2D eigenvalue weighted by molar-refractivity contribution is 5.73. The highest BCUT2D eigenvalue weighted by Crippen LogP contribution is 2.22. The molecule has 0 aliphatic carbocycles. The van der Waals surface area contributed by atoms with E-state index in [1.165, 1.54) is 89.9 Å². The van der Waals surface area contributed by atoms with Gasteiger partial charge in [0.1, 0.15) is 0 Å². The summed E-state index contributed by atoms with van der Waals surface area (Å²) in [6, 6.07) is 0.204. The Hall–Kier alpha value is -1.63. The lowest BCUT2D eigenvalue weighted by molar-refractivity contribution is -0.146. The fourth-order valence-electron chi connectivity index (χ4n) is 7.31. The Bertz CT molecular complexity index is 785. The number of nitrogens with zero attached hydrogens (tertiary/aromatic N) is 2. The van der Waals surface area contributed by atoms with Crippen molar-refractivity contribution in [1.82, 2.24) is 9.80 Å². The topological polar surface area (TPSA) is 76.2 Å². The van der Waals surface area contributed by atoms with Crippen molar-refractivity contribution >= 4 is 17.8 Å². The van der Waals surface area contributed by atoms with Crippen LogP contribution >= 0.6 is 0 Å². The molecular weight excluding hydrogens is 649 g/mol. The highest BCUT2D eigenvalue weighted by Gasteiger charge is 2.21. The third kappa shape index (κ3) is 30.8. The van der Waals surface area contributed by atoms with Crippen LogP contribution in [0.25, 0.3) is 0 Å². The summed E-state index contributed by atoms with van der Waals surface area (Å²) in [7, 11) is 4.19. The van der Waals surface area contributed by atoms with Gasteiger partial charge >= 0.3 is 11.9 Å².